The summed E-state index contributed by atoms with van der Waals surface area (Å²) in [5.41, 5.74) is 0. The van der Waals surface area contributed by atoms with Gasteiger partial charge in [0.2, 0.25) is 0 Å². The number of fused-ring (bicyclic) bond motifs is 1. The Morgan fingerprint density at radius 1 is 0.808 bits per heavy atom. The first kappa shape index (κ1) is 19.2. The standard InChI is InChI=1S/C23H40O3/c1-3-19-11-15(4-6-21(19)24)8-17-10-18(13-20(12-17)25-2)9-16-5-7-22-23(14-16)26-22/h15-24H,3-14H2,1-2H3. The molecular weight excluding hydrogens is 324 g/mol. The predicted molar refractivity (Wildman–Crippen MR) is 104 cm³/mol. The van der Waals surface area contributed by atoms with E-state index in [9.17, 15) is 5.11 Å². The van der Waals surface area contributed by atoms with Crippen LogP contribution in [0.3, 0.4) is 0 Å². The van der Waals surface area contributed by atoms with Crippen molar-refractivity contribution in [2.24, 2.45) is 29.6 Å². The molecular formula is C23H40O3. The molecule has 9 atom stereocenters. The van der Waals surface area contributed by atoms with Crippen molar-refractivity contribution in [1.82, 2.24) is 0 Å². The molecule has 1 aliphatic heterocycles. The van der Waals surface area contributed by atoms with Gasteiger partial charge >= 0.3 is 0 Å². The molecule has 4 fully saturated rings. The Balaban J connectivity index is 1.29. The van der Waals surface area contributed by atoms with Crippen LogP contribution >= 0.6 is 0 Å². The summed E-state index contributed by atoms with van der Waals surface area (Å²) in [6.07, 6.45) is 17.1. The van der Waals surface area contributed by atoms with Crippen LogP contribution in [0, 0.1) is 29.6 Å². The molecule has 4 aliphatic rings. The van der Waals surface area contributed by atoms with Crippen molar-refractivity contribution in [3.63, 3.8) is 0 Å². The van der Waals surface area contributed by atoms with E-state index in [4.69, 9.17) is 9.47 Å². The fraction of sp³-hybridized carbons (Fsp3) is 1.00. The summed E-state index contributed by atoms with van der Waals surface area (Å²) in [4.78, 5) is 0. The van der Waals surface area contributed by atoms with Crippen LogP contribution in [0.25, 0.3) is 0 Å². The summed E-state index contributed by atoms with van der Waals surface area (Å²) in [5, 5.41) is 10.2. The Hall–Kier alpha value is -0.120. The van der Waals surface area contributed by atoms with Gasteiger partial charge in [-0.15, -0.1) is 0 Å². The van der Waals surface area contributed by atoms with Gasteiger partial charge in [-0.1, -0.05) is 13.3 Å². The Labute approximate surface area is 160 Å². The number of hydrogen-bond donors (Lipinski definition) is 1. The number of epoxide rings is 1. The highest BCUT2D eigenvalue weighted by Crippen LogP contribution is 2.45. The Bertz CT molecular complexity index is 453. The SMILES string of the molecule is CCC1CC(CC2CC(CC3CCC4OC4C3)CC(OC)C2)CCC1O. The summed E-state index contributed by atoms with van der Waals surface area (Å²) in [7, 11) is 1.91. The van der Waals surface area contributed by atoms with Crippen molar-refractivity contribution < 1.29 is 14.6 Å². The molecule has 3 aliphatic carbocycles. The molecule has 150 valence electrons. The van der Waals surface area contributed by atoms with E-state index in [2.05, 4.69) is 6.92 Å². The number of aliphatic hydroxyl groups is 1. The van der Waals surface area contributed by atoms with Crippen LogP contribution in [0.1, 0.15) is 84.0 Å². The second kappa shape index (κ2) is 8.49. The Kier molecular flexibility index (Phi) is 6.27. The van der Waals surface area contributed by atoms with Crippen molar-refractivity contribution in [2.45, 2.75) is 108 Å². The molecule has 1 saturated heterocycles. The van der Waals surface area contributed by atoms with Gasteiger partial charge in [-0.05, 0) is 100 Å². The van der Waals surface area contributed by atoms with Gasteiger partial charge < -0.3 is 14.6 Å². The quantitative estimate of drug-likeness (QED) is 0.678. The van der Waals surface area contributed by atoms with Crippen molar-refractivity contribution >= 4 is 0 Å². The van der Waals surface area contributed by atoms with Crippen LogP contribution < -0.4 is 0 Å². The molecule has 26 heavy (non-hydrogen) atoms. The average Bonchev–Trinajstić information content (AvgIpc) is 3.42. The molecule has 1 N–H and O–H groups in total. The topological polar surface area (TPSA) is 42.0 Å². The third kappa shape index (κ3) is 4.64. The molecule has 9 unspecified atom stereocenters. The van der Waals surface area contributed by atoms with Crippen molar-refractivity contribution in [2.75, 3.05) is 7.11 Å². The van der Waals surface area contributed by atoms with E-state index in [1.807, 2.05) is 7.11 Å². The van der Waals surface area contributed by atoms with E-state index in [-0.39, 0.29) is 6.10 Å². The number of rotatable bonds is 6. The van der Waals surface area contributed by atoms with Crippen LogP contribution in [0.15, 0.2) is 0 Å². The molecule has 0 radical (unpaired) electrons. The molecule has 3 heteroatoms. The molecule has 0 spiro atoms. The van der Waals surface area contributed by atoms with Crippen molar-refractivity contribution in [3.8, 4) is 0 Å². The third-order valence-electron chi connectivity index (χ3n) is 8.21. The Morgan fingerprint density at radius 3 is 2.15 bits per heavy atom. The van der Waals surface area contributed by atoms with Gasteiger partial charge in [0.05, 0.1) is 24.4 Å². The second-order valence-electron chi connectivity index (χ2n) is 10.1. The molecule has 0 aromatic heterocycles. The molecule has 4 rings (SSSR count). The zero-order valence-corrected chi connectivity index (χ0v) is 16.9. The van der Waals surface area contributed by atoms with Crippen LogP contribution in [-0.4, -0.2) is 36.6 Å². The summed E-state index contributed by atoms with van der Waals surface area (Å²) < 4.78 is 11.6. The maximum Gasteiger partial charge on any atom is 0.0844 e. The third-order valence-corrected chi connectivity index (χ3v) is 8.21. The predicted octanol–water partition coefficient (Wildman–Crippen LogP) is 4.95. The zero-order valence-electron chi connectivity index (χ0n) is 16.9. The van der Waals surface area contributed by atoms with Gasteiger partial charge in [-0.25, -0.2) is 0 Å². The summed E-state index contributed by atoms with van der Waals surface area (Å²) in [5.74, 6) is 3.97. The molecule has 3 saturated carbocycles. The van der Waals surface area contributed by atoms with Crippen molar-refractivity contribution in [3.05, 3.63) is 0 Å². The smallest absolute Gasteiger partial charge is 0.0844 e. The van der Waals surface area contributed by atoms with E-state index in [0.29, 0.717) is 24.2 Å². The van der Waals surface area contributed by atoms with Crippen molar-refractivity contribution in [1.29, 1.82) is 0 Å². The lowest BCUT2D eigenvalue weighted by molar-refractivity contribution is 0.00419. The van der Waals surface area contributed by atoms with Gasteiger partial charge in [0, 0.05) is 7.11 Å². The molecule has 3 nitrogen and oxygen atoms in total. The van der Waals surface area contributed by atoms with Gasteiger partial charge in [-0.2, -0.15) is 0 Å². The minimum absolute atomic E-state index is 0.0400. The number of aliphatic hydroxyl groups excluding tert-OH is 1. The molecule has 0 amide bonds. The zero-order chi connectivity index (χ0) is 18.1. The lowest BCUT2D eigenvalue weighted by Gasteiger charge is -2.40. The molecule has 0 aromatic rings. The van der Waals surface area contributed by atoms with E-state index in [1.165, 1.54) is 64.2 Å². The van der Waals surface area contributed by atoms with E-state index < -0.39 is 0 Å². The lowest BCUT2D eigenvalue weighted by atomic mass is 9.68. The molecule has 0 bridgehead atoms. The highest BCUT2D eigenvalue weighted by atomic mass is 16.6. The van der Waals surface area contributed by atoms with Gasteiger partial charge in [-0.3, -0.25) is 0 Å². The molecule has 1 heterocycles. The monoisotopic (exact) mass is 364 g/mol. The van der Waals surface area contributed by atoms with Gasteiger partial charge in [0.15, 0.2) is 0 Å². The van der Waals surface area contributed by atoms with E-state index in [1.54, 1.807) is 0 Å². The first-order chi connectivity index (χ1) is 12.6. The first-order valence-electron chi connectivity index (χ1n) is 11.5. The maximum atomic E-state index is 10.2. The van der Waals surface area contributed by atoms with E-state index >= 15 is 0 Å². The summed E-state index contributed by atoms with van der Waals surface area (Å²) >= 11 is 0. The number of ether oxygens (including phenoxy) is 2. The summed E-state index contributed by atoms with van der Waals surface area (Å²) in [6.45, 7) is 2.24. The average molecular weight is 365 g/mol. The fourth-order valence-corrected chi connectivity index (χ4v) is 6.72. The first-order valence-corrected chi connectivity index (χ1v) is 11.5. The van der Waals surface area contributed by atoms with Crippen LogP contribution in [0.2, 0.25) is 0 Å². The summed E-state index contributed by atoms with van der Waals surface area (Å²) in [6, 6.07) is 0. The van der Waals surface area contributed by atoms with Crippen LogP contribution in [0.5, 0.6) is 0 Å². The normalized spacial score (nSPS) is 48.8. The minimum atomic E-state index is -0.0400. The van der Waals surface area contributed by atoms with Gasteiger partial charge in [0.25, 0.3) is 0 Å². The van der Waals surface area contributed by atoms with Crippen LogP contribution in [0.4, 0.5) is 0 Å². The second-order valence-corrected chi connectivity index (χ2v) is 10.1. The minimum Gasteiger partial charge on any atom is -0.393 e. The largest absolute Gasteiger partial charge is 0.393 e. The van der Waals surface area contributed by atoms with Crippen LogP contribution in [-0.2, 0) is 9.47 Å². The fourth-order valence-electron chi connectivity index (χ4n) is 6.72. The highest BCUT2D eigenvalue weighted by molar-refractivity contribution is 4.93. The maximum absolute atomic E-state index is 10.2. The Morgan fingerprint density at radius 2 is 1.50 bits per heavy atom. The highest BCUT2D eigenvalue weighted by Gasteiger charge is 2.44. The number of hydrogen-bond acceptors (Lipinski definition) is 3. The molecule has 0 aromatic carbocycles. The van der Waals surface area contributed by atoms with E-state index in [0.717, 1.165) is 36.5 Å². The lowest BCUT2D eigenvalue weighted by Crippen LogP contribution is -2.33. The number of methoxy groups -OCH3 is 1. The van der Waals surface area contributed by atoms with Gasteiger partial charge in [0.1, 0.15) is 0 Å².